The predicted octanol–water partition coefficient (Wildman–Crippen LogP) is 1.45. The van der Waals surface area contributed by atoms with Crippen LogP contribution in [-0.4, -0.2) is 42.1 Å². The second-order valence-electron chi connectivity index (χ2n) is 4.99. The van der Waals surface area contributed by atoms with E-state index in [1.165, 1.54) is 0 Å². The van der Waals surface area contributed by atoms with Crippen molar-refractivity contribution in [3.8, 4) is 0 Å². The molecule has 0 amide bonds. The number of ether oxygens (including phenoxy) is 2. The molecular formula is C13H19N3O3. The number of anilines is 1. The number of rotatable bonds is 3. The van der Waals surface area contributed by atoms with Crippen molar-refractivity contribution >= 4 is 11.8 Å². The number of hydrogen-bond donors (Lipinski definition) is 1. The average molecular weight is 265 g/mol. The molecule has 19 heavy (non-hydrogen) atoms. The molecular weight excluding hydrogens is 246 g/mol. The Hall–Kier alpha value is -1.56. The van der Waals surface area contributed by atoms with Gasteiger partial charge in [-0.25, -0.2) is 9.48 Å². The lowest BCUT2D eigenvalue weighted by molar-refractivity contribution is 0.0517. The Kier molecular flexibility index (Phi) is 3.42. The third-order valence-corrected chi connectivity index (χ3v) is 3.79. The highest BCUT2D eigenvalue weighted by Gasteiger charge is 2.32. The van der Waals surface area contributed by atoms with E-state index < -0.39 is 0 Å². The third kappa shape index (κ3) is 2.32. The standard InChI is InChI=1S/C13H19N3O3/c1-2-19-13(17)10-7-12-14-5-3-11(16(12)15-10)9-4-6-18-8-9/h7,9,11,14H,2-6,8H2,1H3. The van der Waals surface area contributed by atoms with Crippen molar-refractivity contribution in [2.45, 2.75) is 25.8 Å². The number of hydrogen-bond acceptors (Lipinski definition) is 5. The molecule has 2 atom stereocenters. The quantitative estimate of drug-likeness (QED) is 0.838. The minimum Gasteiger partial charge on any atom is -0.461 e. The van der Waals surface area contributed by atoms with Crippen LogP contribution in [0.15, 0.2) is 6.07 Å². The van der Waals surface area contributed by atoms with Gasteiger partial charge in [0.1, 0.15) is 5.82 Å². The van der Waals surface area contributed by atoms with Gasteiger partial charge in [0.25, 0.3) is 0 Å². The van der Waals surface area contributed by atoms with Crippen molar-refractivity contribution in [1.29, 1.82) is 0 Å². The van der Waals surface area contributed by atoms with Gasteiger partial charge < -0.3 is 14.8 Å². The molecule has 0 bridgehead atoms. The van der Waals surface area contributed by atoms with E-state index in [2.05, 4.69) is 10.4 Å². The van der Waals surface area contributed by atoms with Gasteiger partial charge in [0.15, 0.2) is 5.69 Å². The first kappa shape index (κ1) is 12.5. The first-order valence-corrected chi connectivity index (χ1v) is 6.88. The van der Waals surface area contributed by atoms with Gasteiger partial charge in [-0.2, -0.15) is 5.10 Å². The highest BCUT2D eigenvalue weighted by Crippen LogP contribution is 2.34. The summed E-state index contributed by atoms with van der Waals surface area (Å²) in [5.74, 6) is 1.05. The fourth-order valence-electron chi connectivity index (χ4n) is 2.85. The lowest BCUT2D eigenvalue weighted by Crippen LogP contribution is -2.29. The molecule has 3 heterocycles. The van der Waals surface area contributed by atoms with E-state index in [-0.39, 0.29) is 5.97 Å². The first-order valence-electron chi connectivity index (χ1n) is 6.88. The number of nitrogens with one attached hydrogen (secondary N) is 1. The lowest BCUT2D eigenvalue weighted by Gasteiger charge is -2.29. The molecule has 2 aliphatic heterocycles. The zero-order valence-electron chi connectivity index (χ0n) is 11.1. The van der Waals surface area contributed by atoms with Crippen molar-refractivity contribution in [2.75, 3.05) is 31.7 Å². The van der Waals surface area contributed by atoms with Gasteiger partial charge in [0, 0.05) is 25.1 Å². The maximum Gasteiger partial charge on any atom is 0.358 e. The topological polar surface area (TPSA) is 65.4 Å². The average Bonchev–Trinajstić information content (AvgIpc) is 3.07. The first-order chi connectivity index (χ1) is 9.29. The van der Waals surface area contributed by atoms with Gasteiger partial charge in [0.2, 0.25) is 0 Å². The summed E-state index contributed by atoms with van der Waals surface area (Å²) in [5.41, 5.74) is 0.384. The SMILES string of the molecule is CCOC(=O)c1cc2n(n1)C(C1CCOC1)CCN2. The van der Waals surface area contributed by atoms with Crippen LogP contribution in [0, 0.1) is 5.92 Å². The summed E-state index contributed by atoms with van der Waals surface area (Å²) in [6.45, 7) is 4.70. The predicted molar refractivity (Wildman–Crippen MR) is 69.3 cm³/mol. The monoisotopic (exact) mass is 265 g/mol. The Labute approximate surface area is 112 Å². The molecule has 0 aromatic carbocycles. The van der Waals surface area contributed by atoms with E-state index in [4.69, 9.17) is 9.47 Å². The summed E-state index contributed by atoms with van der Waals surface area (Å²) < 4.78 is 12.4. The third-order valence-electron chi connectivity index (χ3n) is 3.79. The highest BCUT2D eigenvalue weighted by molar-refractivity contribution is 5.88. The van der Waals surface area contributed by atoms with E-state index in [1.807, 2.05) is 4.68 Å². The molecule has 0 radical (unpaired) electrons. The molecule has 2 aliphatic rings. The smallest absolute Gasteiger partial charge is 0.358 e. The summed E-state index contributed by atoms with van der Waals surface area (Å²) in [7, 11) is 0. The van der Waals surface area contributed by atoms with Gasteiger partial charge in [-0.15, -0.1) is 0 Å². The van der Waals surface area contributed by atoms with E-state index in [0.29, 0.717) is 24.3 Å². The van der Waals surface area contributed by atoms with Crippen molar-refractivity contribution < 1.29 is 14.3 Å². The molecule has 1 saturated heterocycles. The molecule has 104 valence electrons. The fourth-order valence-corrected chi connectivity index (χ4v) is 2.85. The number of carbonyl (C=O) groups excluding carboxylic acids is 1. The van der Waals surface area contributed by atoms with Crippen LogP contribution in [0.3, 0.4) is 0 Å². The summed E-state index contributed by atoms with van der Waals surface area (Å²) in [5, 5.41) is 7.70. The van der Waals surface area contributed by atoms with Gasteiger partial charge in [-0.1, -0.05) is 0 Å². The Morgan fingerprint density at radius 2 is 2.53 bits per heavy atom. The zero-order valence-corrected chi connectivity index (χ0v) is 11.1. The molecule has 1 fully saturated rings. The second kappa shape index (κ2) is 5.21. The van der Waals surface area contributed by atoms with E-state index in [1.54, 1.807) is 13.0 Å². The molecule has 0 saturated carbocycles. The minimum atomic E-state index is -0.354. The van der Waals surface area contributed by atoms with Crippen LogP contribution in [0.1, 0.15) is 36.3 Å². The summed E-state index contributed by atoms with van der Waals surface area (Å²) in [4.78, 5) is 11.7. The summed E-state index contributed by atoms with van der Waals surface area (Å²) in [6, 6.07) is 2.10. The van der Waals surface area contributed by atoms with Gasteiger partial charge >= 0.3 is 5.97 Å². The maximum absolute atomic E-state index is 11.7. The maximum atomic E-state index is 11.7. The van der Waals surface area contributed by atoms with Gasteiger partial charge in [0.05, 0.1) is 19.3 Å². The fraction of sp³-hybridized carbons (Fsp3) is 0.692. The molecule has 0 spiro atoms. The minimum absolute atomic E-state index is 0.321. The van der Waals surface area contributed by atoms with Gasteiger partial charge in [-0.3, -0.25) is 0 Å². The van der Waals surface area contributed by atoms with Crippen LogP contribution in [0.5, 0.6) is 0 Å². The molecule has 1 aromatic rings. The Morgan fingerprint density at radius 3 is 3.26 bits per heavy atom. The van der Waals surface area contributed by atoms with Crippen LogP contribution < -0.4 is 5.32 Å². The van der Waals surface area contributed by atoms with Crippen molar-refractivity contribution in [3.05, 3.63) is 11.8 Å². The Balaban J connectivity index is 1.85. The molecule has 1 aromatic heterocycles. The highest BCUT2D eigenvalue weighted by atomic mass is 16.5. The molecule has 3 rings (SSSR count). The summed E-state index contributed by atoms with van der Waals surface area (Å²) >= 11 is 0. The van der Waals surface area contributed by atoms with Crippen molar-refractivity contribution in [2.24, 2.45) is 5.92 Å². The summed E-state index contributed by atoms with van der Waals surface area (Å²) in [6.07, 6.45) is 2.09. The van der Waals surface area contributed by atoms with E-state index >= 15 is 0 Å². The van der Waals surface area contributed by atoms with Crippen molar-refractivity contribution in [3.63, 3.8) is 0 Å². The number of esters is 1. The lowest BCUT2D eigenvalue weighted by atomic mass is 9.95. The van der Waals surface area contributed by atoms with Crippen LogP contribution in [-0.2, 0) is 9.47 Å². The van der Waals surface area contributed by atoms with Crippen LogP contribution in [0.25, 0.3) is 0 Å². The van der Waals surface area contributed by atoms with Crippen LogP contribution in [0.4, 0.5) is 5.82 Å². The normalized spacial score (nSPS) is 25.7. The zero-order chi connectivity index (χ0) is 13.2. The number of fused-ring (bicyclic) bond motifs is 1. The second-order valence-corrected chi connectivity index (χ2v) is 4.99. The Bertz CT molecular complexity index is 466. The van der Waals surface area contributed by atoms with E-state index in [0.717, 1.165) is 38.4 Å². The molecule has 2 unspecified atom stereocenters. The van der Waals surface area contributed by atoms with Crippen LogP contribution in [0.2, 0.25) is 0 Å². The van der Waals surface area contributed by atoms with Crippen molar-refractivity contribution in [1.82, 2.24) is 9.78 Å². The number of carbonyl (C=O) groups is 1. The van der Waals surface area contributed by atoms with Gasteiger partial charge in [-0.05, 0) is 19.8 Å². The molecule has 1 N–H and O–H groups in total. The molecule has 6 nitrogen and oxygen atoms in total. The molecule has 6 heteroatoms. The molecule has 0 aliphatic carbocycles. The Morgan fingerprint density at radius 1 is 1.63 bits per heavy atom. The van der Waals surface area contributed by atoms with Crippen LogP contribution >= 0.6 is 0 Å². The largest absolute Gasteiger partial charge is 0.461 e. The number of aromatic nitrogens is 2. The number of nitrogens with zero attached hydrogens (tertiary/aromatic N) is 2. The van der Waals surface area contributed by atoms with E-state index in [9.17, 15) is 4.79 Å².